The minimum atomic E-state index is -0.515. The van der Waals surface area contributed by atoms with E-state index in [1.54, 1.807) is 6.92 Å². The molecule has 23 heavy (non-hydrogen) atoms. The van der Waals surface area contributed by atoms with Crippen LogP contribution in [0.4, 0.5) is 8.78 Å². The van der Waals surface area contributed by atoms with Gasteiger partial charge in [-0.1, -0.05) is 18.9 Å². The van der Waals surface area contributed by atoms with E-state index >= 15 is 0 Å². The molecule has 0 unspecified atom stereocenters. The van der Waals surface area contributed by atoms with Crippen molar-refractivity contribution in [2.45, 2.75) is 51.0 Å². The van der Waals surface area contributed by atoms with Crippen LogP contribution in [0.1, 0.15) is 56.0 Å². The summed E-state index contributed by atoms with van der Waals surface area (Å²) in [5.74, 6) is 0.0685. The topological polar surface area (TPSA) is 51.0 Å². The molecule has 1 saturated carbocycles. The Labute approximate surface area is 134 Å². The Morgan fingerprint density at radius 3 is 2.43 bits per heavy atom. The minimum Gasteiger partial charge on any atom is -0.424 e. The molecule has 3 rings (SSSR count). The largest absolute Gasteiger partial charge is 0.424 e. The first-order valence-corrected chi connectivity index (χ1v) is 8.00. The Kier molecular flexibility index (Phi) is 4.43. The zero-order valence-electron chi connectivity index (χ0n) is 13.4. The highest BCUT2D eigenvalue weighted by Gasteiger charge is 2.40. The summed E-state index contributed by atoms with van der Waals surface area (Å²) in [6.07, 6.45) is 3.49. The maximum Gasteiger partial charge on any atom is 0.233 e. The van der Waals surface area contributed by atoms with Gasteiger partial charge in [0.15, 0.2) is 0 Å². The molecule has 2 aromatic rings. The van der Waals surface area contributed by atoms with E-state index < -0.39 is 17.0 Å². The van der Waals surface area contributed by atoms with E-state index in [-0.39, 0.29) is 11.6 Å². The Morgan fingerprint density at radius 2 is 1.87 bits per heavy atom. The van der Waals surface area contributed by atoms with Gasteiger partial charge < -0.3 is 9.73 Å². The number of halogens is 2. The van der Waals surface area contributed by atoms with Gasteiger partial charge in [-0.15, -0.1) is 10.2 Å². The third-order valence-electron chi connectivity index (χ3n) is 4.71. The van der Waals surface area contributed by atoms with Crippen molar-refractivity contribution in [3.05, 3.63) is 47.2 Å². The lowest BCUT2D eigenvalue weighted by Gasteiger charge is -2.31. The van der Waals surface area contributed by atoms with Crippen LogP contribution in [-0.2, 0) is 5.41 Å². The summed E-state index contributed by atoms with van der Waals surface area (Å²) >= 11 is 0. The molecule has 1 aliphatic rings. The van der Waals surface area contributed by atoms with Crippen LogP contribution in [-0.4, -0.2) is 16.7 Å². The molecule has 1 aromatic carbocycles. The van der Waals surface area contributed by atoms with Gasteiger partial charge in [-0.2, -0.15) is 0 Å². The van der Waals surface area contributed by atoms with Gasteiger partial charge >= 0.3 is 0 Å². The van der Waals surface area contributed by atoms with Gasteiger partial charge in [0.05, 0.1) is 6.04 Å². The fourth-order valence-corrected chi connectivity index (χ4v) is 3.49. The molecule has 1 fully saturated rings. The van der Waals surface area contributed by atoms with Gasteiger partial charge in [0.25, 0.3) is 0 Å². The SMILES string of the molecule is Cc1nnc([C@H](C)NCC2(c3c(F)cccc3F)CCCC2)o1. The normalized spacial score (nSPS) is 18.3. The summed E-state index contributed by atoms with van der Waals surface area (Å²) < 4.78 is 34.0. The van der Waals surface area contributed by atoms with E-state index in [1.807, 2.05) is 6.92 Å². The van der Waals surface area contributed by atoms with Crippen molar-refractivity contribution in [3.8, 4) is 0 Å². The van der Waals surface area contributed by atoms with Crippen LogP contribution >= 0.6 is 0 Å². The number of benzene rings is 1. The number of nitrogens with one attached hydrogen (secondary N) is 1. The highest BCUT2D eigenvalue weighted by molar-refractivity contribution is 5.30. The van der Waals surface area contributed by atoms with Crippen molar-refractivity contribution in [2.24, 2.45) is 0 Å². The van der Waals surface area contributed by atoms with Gasteiger partial charge in [0.2, 0.25) is 11.8 Å². The number of nitrogens with zero attached hydrogens (tertiary/aromatic N) is 2. The van der Waals surface area contributed by atoms with Crippen LogP contribution in [0.5, 0.6) is 0 Å². The smallest absolute Gasteiger partial charge is 0.233 e. The average molecular weight is 321 g/mol. The fourth-order valence-electron chi connectivity index (χ4n) is 3.49. The average Bonchev–Trinajstić information content (AvgIpc) is 3.15. The molecule has 0 amide bonds. The van der Waals surface area contributed by atoms with Crippen LogP contribution in [0.15, 0.2) is 22.6 Å². The third-order valence-corrected chi connectivity index (χ3v) is 4.71. The Hall–Kier alpha value is -1.82. The van der Waals surface area contributed by atoms with Crippen LogP contribution in [0.3, 0.4) is 0 Å². The molecule has 0 spiro atoms. The van der Waals surface area contributed by atoms with Gasteiger partial charge in [-0.3, -0.25) is 0 Å². The molecule has 1 aromatic heterocycles. The standard InChI is InChI=1S/C17H21F2N3O/c1-11(16-22-21-12(2)23-16)20-10-17(8-3-4-9-17)15-13(18)6-5-7-14(15)19/h5-7,11,20H,3-4,8-10H2,1-2H3/t11-/m0/s1. The molecule has 4 nitrogen and oxygen atoms in total. The molecule has 0 aliphatic heterocycles. The molecular weight excluding hydrogens is 300 g/mol. The number of aromatic nitrogens is 2. The first-order chi connectivity index (χ1) is 11.0. The molecule has 1 N–H and O–H groups in total. The summed E-state index contributed by atoms with van der Waals surface area (Å²) in [5, 5.41) is 11.1. The Bertz CT molecular complexity index is 660. The van der Waals surface area contributed by atoms with Crippen molar-refractivity contribution in [1.82, 2.24) is 15.5 Å². The Balaban J connectivity index is 1.82. The first kappa shape index (κ1) is 16.1. The molecule has 6 heteroatoms. The lowest BCUT2D eigenvalue weighted by Crippen LogP contribution is -2.38. The van der Waals surface area contributed by atoms with E-state index in [9.17, 15) is 8.78 Å². The zero-order chi connectivity index (χ0) is 16.4. The number of rotatable bonds is 5. The lowest BCUT2D eigenvalue weighted by molar-refractivity contribution is 0.329. The van der Waals surface area contributed by atoms with Gasteiger partial charge in [0.1, 0.15) is 11.6 Å². The zero-order valence-corrected chi connectivity index (χ0v) is 13.4. The maximum atomic E-state index is 14.3. The van der Waals surface area contributed by atoms with E-state index in [4.69, 9.17) is 4.42 Å². The predicted molar refractivity (Wildman–Crippen MR) is 82.0 cm³/mol. The summed E-state index contributed by atoms with van der Waals surface area (Å²) in [6.45, 7) is 4.12. The van der Waals surface area contributed by atoms with E-state index in [1.165, 1.54) is 18.2 Å². The monoisotopic (exact) mass is 321 g/mol. The number of aryl methyl sites for hydroxylation is 1. The molecule has 124 valence electrons. The second-order valence-electron chi connectivity index (χ2n) is 6.35. The predicted octanol–water partition coefficient (Wildman–Crippen LogP) is 3.82. The van der Waals surface area contributed by atoms with Crippen LogP contribution in [0.25, 0.3) is 0 Å². The third kappa shape index (κ3) is 3.13. The van der Waals surface area contributed by atoms with Crippen molar-refractivity contribution >= 4 is 0 Å². The number of hydrogen-bond acceptors (Lipinski definition) is 4. The molecule has 0 bridgehead atoms. The van der Waals surface area contributed by atoms with Crippen molar-refractivity contribution in [3.63, 3.8) is 0 Å². The van der Waals surface area contributed by atoms with Crippen LogP contribution in [0.2, 0.25) is 0 Å². The lowest BCUT2D eigenvalue weighted by atomic mass is 9.78. The van der Waals surface area contributed by atoms with Crippen molar-refractivity contribution in [1.29, 1.82) is 0 Å². The highest BCUT2D eigenvalue weighted by atomic mass is 19.1. The fraction of sp³-hybridized carbons (Fsp3) is 0.529. The van der Waals surface area contributed by atoms with Crippen molar-refractivity contribution in [2.75, 3.05) is 6.54 Å². The molecule has 0 saturated heterocycles. The van der Waals surface area contributed by atoms with Crippen LogP contribution in [0, 0.1) is 18.6 Å². The molecule has 1 aliphatic carbocycles. The second-order valence-corrected chi connectivity index (χ2v) is 6.35. The maximum absolute atomic E-state index is 14.3. The van der Waals surface area contributed by atoms with Crippen LogP contribution < -0.4 is 5.32 Å². The van der Waals surface area contributed by atoms with E-state index in [0.29, 0.717) is 18.3 Å². The quantitative estimate of drug-likeness (QED) is 0.909. The molecule has 0 radical (unpaired) electrons. The molecule has 1 atom stereocenters. The second kappa shape index (κ2) is 6.35. The van der Waals surface area contributed by atoms with Gasteiger partial charge in [-0.25, -0.2) is 8.78 Å². The molecular formula is C17H21F2N3O. The molecule has 1 heterocycles. The van der Waals surface area contributed by atoms with E-state index in [0.717, 1.165) is 25.7 Å². The summed E-state index contributed by atoms with van der Waals surface area (Å²) in [6, 6.07) is 3.92. The van der Waals surface area contributed by atoms with E-state index in [2.05, 4.69) is 15.5 Å². The Morgan fingerprint density at radius 1 is 1.22 bits per heavy atom. The first-order valence-electron chi connectivity index (χ1n) is 8.00. The highest BCUT2D eigenvalue weighted by Crippen LogP contribution is 2.43. The van der Waals surface area contributed by atoms with Crippen molar-refractivity contribution < 1.29 is 13.2 Å². The number of hydrogen-bond donors (Lipinski definition) is 1. The summed E-state index contributed by atoms with van der Waals surface area (Å²) in [7, 11) is 0. The van der Waals surface area contributed by atoms with Gasteiger partial charge in [-0.05, 0) is 31.9 Å². The summed E-state index contributed by atoms with van der Waals surface area (Å²) in [4.78, 5) is 0. The van der Waals surface area contributed by atoms with Gasteiger partial charge in [0, 0.05) is 24.4 Å². The summed E-state index contributed by atoms with van der Waals surface area (Å²) in [5.41, 5.74) is -0.308. The minimum absolute atomic E-state index is 0.163.